The van der Waals surface area contributed by atoms with Crippen molar-refractivity contribution in [3.05, 3.63) is 38.3 Å². The number of carbonyl (C=O) groups is 1. The molecule has 118 valence electrons. The smallest absolute Gasteiger partial charge is 0.253 e. The number of thiazole rings is 1. The highest BCUT2D eigenvalue weighted by Crippen LogP contribution is 2.36. The van der Waals surface area contributed by atoms with Crippen molar-refractivity contribution < 1.29 is 14.3 Å². The normalized spacial score (nSPS) is 13.9. The minimum Gasteiger partial charge on any atom is -0.454 e. The summed E-state index contributed by atoms with van der Waals surface area (Å²) in [6, 6.07) is 7.47. The highest BCUT2D eigenvalue weighted by molar-refractivity contribution is 7.16. The molecule has 23 heavy (non-hydrogen) atoms. The predicted molar refractivity (Wildman–Crippen MR) is 90.5 cm³/mol. The van der Waals surface area contributed by atoms with Gasteiger partial charge in [-0.1, -0.05) is 22.9 Å². The van der Waals surface area contributed by atoms with Crippen molar-refractivity contribution in [1.82, 2.24) is 4.57 Å². The zero-order valence-electron chi connectivity index (χ0n) is 12.0. The van der Waals surface area contributed by atoms with E-state index in [1.807, 2.05) is 29.8 Å². The van der Waals surface area contributed by atoms with Crippen LogP contribution in [0.25, 0.3) is 10.2 Å². The molecule has 8 heteroatoms. The first-order chi connectivity index (χ1) is 11.1. The van der Waals surface area contributed by atoms with Crippen LogP contribution in [0.1, 0.15) is 4.88 Å². The molecule has 1 aliphatic heterocycles. The lowest BCUT2D eigenvalue weighted by Gasteiger charge is -1.98. The number of nitrogens with zero attached hydrogens (tertiary/aromatic N) is 2. The van der Waals surface area contributed by atoms with E-state index in [2.05, 4.69) is 4.99 Å². The minimum atomic E-state index is -0.189. The van der Waals surface area contributed by atoms with Crippen LogP contribution in [-0.4, -0.2) is 17.3 Å². The molecule has 0 aliphatic carbocycles. The van der Waals surface area contributed by atoms with Gasteiger partial charge in [-0.3, -0.25) is 4.79 Å². The maximum Gasteiger partial charge on any atom is 0.253 e. The fraction of sp³-hybridized carbons (Fsp3) is 0.200. The molecule has 3 aromatic rings. The summed E-state index contributed by atoms with van der Waals surface area (Å²) < 4.78 is 14.3. The third kappa shape index (κ3) is 2.75. The number of fused-ring (bicyclic) bond motifs is 2. The van der Waals surface area contributed by atoms with Crippen LogP contribution < -0.4 is 14.3 Å². The first-order valence-corrected chi connectivity index (χ1v) is 8.82. The Morgan fingerprint density at radius 3 is 2.83 bits per heavy atom. The Balaban J connectivity index is 1.70. The van der Waals surface area contributed by atoms with E-state index < -0.39 is 0 Å². The summed E-state index contributed by atoms with van der Waals surface area (Å²) in [7, 11) is 1.88. The van der Waals surface area contributed by atoms with E-state index in [1.54, 1.807) is 6.07 Å². The molecule has 0 spiro atoms. The van der Waals surface area contributed by atoms with Gasteiger partial charge in [0.1, 0.15) is 0 Å². The standard InChI is InChI=1S/C15H11ClN2O3S2/c1-18-9-5-10-11(21-7-20-10)6-12(9)23-15(18)17-14(19)4-8-2-3-13(16)22-8/h2-3,5-6H,4,7H2,1H3. The first kappa shape index (κ1) is 14.7. The monoisotopic (exact) mass is 366 g/mol. The predicted octanol–water partition coefficient (Wildman–Crippen LogP) is 3.35. The van der Waals surface area contributed by atoms with Crippen LogP contribution in [0.5, 0.6) is 11.5 Å². The van der Waals surface area contributed by atoms with Crippen molar-refractivity contribution in [2.75, 3.05) is 6.79 Å². The topological polar surface area (TPSA) is 52.8 Å². The Morgan fingerprint density at radius 2 is 2.09 bits per heavy atom. The Bertz CT molecular complexity index is 986. The summed E-state index contributed by atoms with van der Waals surface area (Å²) >= 11 is 8.73. The number of carbonyl (C=O) groups excluding carboxylic acids is 1. The zero-order valence-corrected chi connectivity index (χ0v) is 14.4. The van der Waals surface area contributed by atoms with Crippen LogP contribution in [-0.2, 0) is 18.3 Å². The average molecular weight is 367 g/mol. The van der Waals surface area contributed by atoms with E-state index >= 15 is 0 Å². The molecule has 2 aromatic heterocycles. The second kappa shape index (κ2) is 5.67. The number of amides is 1. The van der Waals surface area contributed by atoms with Gasteiger partial charge in [0.25, 0.3) is 5.91 Å². The van der Waals surface area contributed by atoms with Gasteiger partial charge in [-0.25, -0.2) is 0 Å². The Morgan fingerprint density at radius 1 is 1.30 bits per heavy atom. The molecule has 0 radical (unpaired) electrons. The van der Waals surface area contributed by atoms with Crippen LogP contribution in [0.3, 0.4) is 0 Å². The minimum absolute atomic E-state index is 0.189. The van der Waals surface area contributed by atoms with Crippen molar-refractivity contribution in [3.63, 3.8) is 0 Å². The van der Waals surface area contributed by atoms with E-state index in [4.69, 9.17) is 21.1 Å². The number of benzene rings is 1. The Labute approximate surface area is 144 Å². The molecule has 0 unspecified atom stereocenters. The molecule has 0 fully saturated rings. The van der Waals surface area contributed by atoms with Gasteiger partial charge in [-0.2, -0.15) is 4.99 Å². The number of ether oxygens (including phenoxy) is 2. The van der Waals surface area contributed by atoms with E-state index in [-0.39, 0.29) is 19.1 Å². The summed E-state index contributed by atoms with van der Waals surface area (Å²) in [5.74, 6) is 1.26. The van der Waals surface area contributed by atoms with Crippen LogP contribution >= 0.6 is 34.3 Å². The molecule has 1 aliphatic rings. The molecule has 0 N–H and O–H groups in total. The summed E-state index contributed by atoms with van der Waals surface area (Å²) in [6.07, 6.45) is 0.258. The van der Waals surface area contributed by atoms with Gasteiger partial charge in [0.2, 0.25) is 6.79 Å². The molecule has 0 saturated carbocycles. The summed E-state index contributed by atoms with van der Waals surface area (Å²) in [5, 5.41) is 0. The van der Waals surface area contributed by atoms with Crippen molar-refractivity contribution in [2.45, 2.75) is 6.42 Å². The third-order valence-electron chi connectivity index (χ3n) is 3.48. The maximum absolute atomic E-state index is 12.2. The number of thiophene rings is 1. The molecule has 4 rings (SSSR count). The van der Waals surface area contributed by atoms with Crippen LogP contribution in [0.4, 0.5) is 0 Å². The van der Waals surface area contributed by atoms with E-state index in [9.17, 15) is 4.79 Å². The van der Waals surface area contributed by atoms with Crippen molar-refractivity contribution in [2.24, 2.45) is 12.0 Å². The Kier molecular flexibility index (Phi) is 3.63. The van der Waals surface area contributed by atoms with E-state index in [0.29, 0.717) is 9.14 Å². The lowest BCUT2D eigenvalue weighted by molar-refractivity contribution is -0.117. The van der Waals surface area contributed by atoms with Crippen LogP contribution in [0.2, 0.25) is 4.34 Å². The second-order valence-corrected chi connectivity index (χ2v) is 7.81. The molecule has 1 aromatic carbocycles. The van der Waals surface area contributed by atoms with E-state index in [1.165, 1.54) is 22.7 Å². The van der Waals surface area contributed by atoms with Gasteiger partial charge >= 0.3 is 0 Å². The largest absolute Gasteiger partial charge is 0.454 e. The van der Waals surface area contributed by atoms with Crippen LogP contribution in [0, 0.1) is 0 Å². The van der Waals surface area contributed by atoms with Crippen molar-refractivity contribution in [1.29, 1.82) is 0 Å². The molecular formula is C15H11ClN2O3S2. The molecular weight excluding hydrogens is 356 g/mol. The summed E-state index contributed by atoms with van der Waals surface area (Å²) in [4.78, 5) is 18.0. The fourth-order valence-electron chi connectivity index (χ4n) is 2.37. The number of halogens is 1. The average Bonchev–Trinajstić information content (AvgIpc) is 3.19. The fourth-order valence-corrected chi connectivity index (χ4v) is 4.49. The van der Waals surface area contributed by atoms with Gasteiger partial charge in [-0.15, -0.1) is 11.3 Å². The van der Waals surface area contributed by atoms with Gasteiger partial charge in [0.15, 0.2) is 16.3 Å². The molecule has 5 nitrogen and oxygen atoms in total. The summed E-state index contributed by atoms with van der Waals surface area (Å²) in [6.45, 7) is 0.245. The highest BCUT2D eigenvalue weighted by Gasteiger charge is 2.17. The molecule has 0 bridgehead atoms. The lowest BCUT2D eigenvalue weighted by Crippen LogP contribution is -2.13. The molecule has 0 saturated heterocycles. The number of rotatable bonds is 2. The SMILES string of the molecule is Cn1c(=NC(=O)Cc2ccc(Cl)s2)sc2cc3c(cc21)OCO3. The first-order valence-electron chi connectivity index (χ1n) is 6.81. The quantitative estimate of drug-likeness (QED) is 0.698. The number of aryl methyl sites for hydroxylation is 1. The maximum atomic E-state index is 12.2. The van der Waals surface area contributed by atoms with Gasteiger partial charge in [0.05, 0.1) is 21.0 Å². The van der Waals surface area contributed by atoms with Crippen LogP contribution in [0.15, 0.2) is 29.3 Å². The lowest BCUT2D eigenvalue weighted by atomic mass is 10.3. The van der Waals surface area contributed by atoms with E-state index in [0.717, 1.165) is 26.6 Å². The second-order valence-electron chi connectivity index (χ2n) is 5.00. The third-order valence-corrected chi connectivity index (χ3v) is 5.80. The number of aromatic nitrogens is 1. The Hall–Kier alpha value is -1.83. The molecule has 0 atom stereocenters. The molecule has 3 heterocycles. The van der Waals surface area contributed by atoms with Crippen molar-refractivity contribution >= 4 is 50.4 Å². The number of hydrogen-bond donors (Lipinski definition) is 0. The van der Waals surface area contributed by atoms with Gasteiger partial charge in [0, 0.05) is 24.1 Å². The highest BCUT2D eigenvalue weighted by atomic mass is 35.5. The molecule has 1 amide bonds. The zero-order chi connectivity index (χ0) is 16.0. The summed E-state index contributed by atoms with van der Waals surface area (Å²) in [5.41, 5.74) is 0.963. The number of hydrogen-bond acceptors (Lipinski definition) is 5. The van der Waals surface area contributed by atoms with Crippen molar-refractivity contribution in [3.8, 4) is 11.5 Å². The van der Waals surface area contributed by atoms with Gasteiger partial charge in [-0.05, 0) is 12.1 Å². The van der Waals surface area contributed by atoms with Gasteiger partial charge < -0.3 is 14.0 Å².